The van der Waals surface area contributed by atoms with E-state index in [0.29, 0.717) is 0 Å². The van der Waals surface area contributed by atoms with Gasteiger partial charge in [-0.05, 0) is 34.7 Å². The maximum absolute atomic E-state index is 13.3. The van der Waals surface area contributed by atoms with Gasteiger partial charge in [-0.3, -0.25) is 4.79 Å². The van der Waals surface area contributed by atoms with Crippen molar-refractivity contribution in [2.24, 2.45) is 4.40 Å². The summed E-state index contributed by atoms with van der Waals surface area (Å²) < 4.78 is 71.8. The van der Waals surface area contributed by atoms with E-state index in [1.807, 2.05) is 0 Å². The van der Waals surface area contributed by atoms with Crippen LogP contribution in [0.25, 0.3) is 0 Å². The number of amides is 1. The molecule has 0 spiro atoms. The second kappa shape index (κ2) is 8.54. The zero-order valence-corrected chi connectivity index (χ0v) is 16.6. The maximum Gasteiger partial charge on any atom is 0.573 e. The summed E-state index contributed by atoms with van der Waals surface area (Å²) in [6.45, 7) is 0. The lowest BCUT2D eigenvalue weighted by atomic mass is 10.1. The van der Waals surface area contributed by atoms with Gasteiger partial charge in [0.1, 0.15) is 17.3 Å². The average Bonchev–Trinajstić information content (AvgIpc) is 2.65. The number of anilines is 1. The Balaban J connectivity index is 1.88. The molecule has 158 valence electrons. The number of nitrogens with one attached hydrogen (secondary N) is 1. The molecule has 0 saturated heterocycles. The zero-order chi connectivity index (χ0) is 22.1. The molecular weight excluding hydrogens is 450 g/mol. The molecular formula is C18H12ClF4N3O3S. The predicted octanol–water partition coefficient (Wildman–Crippen LogP) is 4.21. The van der Waals surface area contributed by atoms with Crippen LogP contribution in [0.5, 0.6) is 5.75 Å². The fourth-order valence-electron chi connectivity index (χ4n) is 2.44. The minimum Gasteiger partial charge on any atom is -0.566 e. The molecule has 2 aromatic rings. The molecule has 2 aromatic carbocycles. The van der Waals surface area contributed by atoms with Gasteiger partial charge in [-0.2, -0.15) is 4.31 Å². The molecule has 3 rings (SSSR count). The van der Waals surface area contributed by atoms with E-state index in [4.69, 9.17) is 11.6 Å². The summed E-state index contributed by atoms with van der Waals surface area (Å²) in [7, 11) is 1.35. The normalized spacial score (nSPS) is 16.6. The molecule has 12 heteroatoms. The Labute approximate surface area is 176 Å². The van der Waals surface area contributed by atoms with E-state index in [9.17, 15) is 26.9 Å². The van der Waals surface area contributed by atoms with Crippen molar-refractivity contribution >= 4 is 40.5 Å². The van der Waals surface area contributed by atoms with Gasteiger partial charge in [0, 0.05) is 17.3 Å². The highest BCUT2D eigenvalue weighted by Crippen LogP contribution is 2.26. The van der Waals surface area contributed by atoms with Crippen molar-refractivity contribution in [3.05, 3.63) is 70.6 Å². The molecule has 0 saturated carbocycles. The van der Waals surface area contributed by atoms with Crippen LogP contribution in [0.3, 0.4) is 0 Å². The smallest absolute Gasteiger partial charge is 0.566 e. The Kier molecular flexibility index (Phi) is 6.25. The molecule has 0 radical (unpaired) electrons. The van der Waals surface area contributed by atoms with Crippen molar-refractivity contribution in [1.29, 1.82) is 0 Å². The van der Waals surface area contributed by atoms with Crippen LogP contribution in [-0.4, -0.2) is 33.9 Å². The highest BCUT2D eigenvalue weighted by atomic mass is 35.5. The first kappa shape index (κ1) is 21.9. The number of carbonyl (C=O) groups is 1. The van der Waals surface area contributed by atoms with Crippen LogP contribution in [0.1, 0.15) is 5.56 Å². The van der Waals surface area contributed by atoms with Crippen LogP contribution < -0.4 is 10.1 Å². The summed E-state index contributed by atoms with van der Waals surface area (Å²) in [5.74, 6) is -1.86. The topological polar surface area (TPSA) is 77.0 Å². The average molecular weight is 462 g/mol. The molecule has 1 heterocycles. The van der Waals surface area contributed by atoms with Crippen molar-refractivity contribution in [2.45, 2.75) is 6.36 Å². The quantitative estimate of drug-likeness (QED) is 0.546. The molecule has 1 atom stereocenters. The number of nitrogens with zero attached hydrogens (tertiary/aromatic N) is 2. The number of hydrogen-bond donors (Lipinski definition) is 1. The second-order valence-electron chi connectivity index (χ2n) is 5.89. The van der Waals surface area contributed by atoms with Crippen LogP contribution in [0.2, 0.25) is 5.02 Å². The Morgan fingerprint density at radius 3 is 2.67 bits per heavy atom. The number of likely N-dealkylation sites (N-methyl/N-ethyl adjacent to an activating group) is 1. The van der Waals surface area contributed by atoms with Gasteiger partial charge >= 0.3 is 6.36 Å². The SMILES string of the molecule is CN1C(C(=O)Nc2ccc(F)c(Cl)c2)=CC(c2cccc(OC(F)(F)F)c2)=N[S+]1[O-]. The Bertz CT molecular complexity index is 1050. The second-order valence-corrected chi connectivity index (χ2v) is 7.49. The van der Waals surface area contributed by atoms with Gasteiger partial charge in [0.25, 0.3) is 5.91 Å². The summed E-state index contributed by atoms with van der Waals surface area (Å²) in [5, 5.41) is 2.28. The van der Waals surface area contributed by atoms with Crippen molar-refractivity contribution in [3.8, 4) is 5.75 Å². The lowest BCUT2D eigenvalue weighted by molar-refractivity contribution is -0.274. The van der Waals surface area contributed by atoms with Crippen molar-refractivity contribution < 1.29 is 31.6 Å². The third-order valence-electron chi connectivity index (χ3n) is 3.80. The largest absolute Gasteiger partial charge is 0.573 e. The maximum atomic E-state index is 13.3. The van der Waals surface area contributed by atoms with Gasteiger partial charge in [0.05, 0.1) is 12.1 Å². The van der Waals surface area contributed by atoms with E-state index < -0.39 is 35.4 Å². The summed E-state index contributed by atoms with van der Waals surface area (Å²) in [6, 6.07) is 8.42. The molecule has 1 N–H and O–H groups in total. The van der Waals surface area contributed by atoms with E-state index in [2.05, 4.69) is 14.5 Å². The first-order valence-corrected chi connectivity index (χ1v) is 9.56. The van der Waals surface area contributed by atoms with Crippen molar-refractivity contribution in [1.82, 2.24) is 4.31 Å². The molecule has 0 aromatic heterocycles. The molecule has 0 bridgehead atoms. The first-order valence-electron chi connectivity index (χ1n) is 8.12. The summed E-state index contributed by atoms with van der Waals surface area (Å²) >= 11 is 3.67. The van der Waals surface area contributed by atoms with Gasteiger partial charge in [-0.25, -0.2) is 4.39 Å². The highest BCUT2D eigenvalue weighted by Gasteiger charge is 2.32. The number of halogens is 5. The Morgan fingerprint density at radius 1 is 1.27 bits per heavy atom. The zero-order valence-electron chi connectivity index (χ0n) is 15.0. The van der Waals surface area contributed by atoms with Crippen molar-refractivity contribution in [3.63, 3.8) is 0 Å². The lowest BCUT2D eigenvalue weighted by Crippen LogP contribution is -2.35. The molecule has 0 fully saturated rings. The molecule has 1 unspecified atom stereocenters. The molecule has 1 aliphatic rings. The minimum absolute atomic E-state index is 0.0151. The standard InChI is InChI=1S/C18H12ClF4N3O3S/c1-26-16(17(27)24-11-5-6-14(20)13(19)8-11)9-15(25-30(26)28)10-3-2-4-12(7-10)29-18(21,22)23/h2-9H,1H3,(H,24,27). The van der Waals surface area contributed by atoms with Gasteiger partial charge in [-0.15, -0.1) is 13.2 Å². The number of ether oxygens (including phenoxy) is 1. The monoisotopic (exact) mass is 461 g/mol. The summed E-state index contributed by atoms with van der Waals surface area (Å²) in [6.07, 6.45) is -3.62. The molecule has 6 nitrogen and oxygen atoms in total. The first-order chi connectivity index (χ1) is 14.0. The molecule has 30 heavy (non-hydrogen) atoms. The van der Waals surface area contributed by atoms with Crippen LogP contribution in [0.4, 0.5) is 23.2 Å². The fraction of sp³-hybridized carbons (Fsp3) is 0.111. The number of alkyl halides is 3. The van der Waals surface area contributed by atoms with E-state index in [0.717, 1.165) is 22.5 Å². The number of hydrogen-bond acceptors (Lipinski definition) is 5. The van der Waals surface area contributed by atoms with Gasteiger partial charge in [0.15, 0.2) is 5.70 Å². The third kappa shape index (κ3) is 5.23. The summed E-state index contributed by atoms with van der Waals surface area (Å²) in [5.41, 5.74) is 0.284. The van der Waals surface area contributed by atoms with Crippen LogP contribution in [-0.2, 0) is 16.3 Å². The van der Waals surface area contributed by atoms with E-state index in [1.165, 1.54) is 37.4 Å². The van der Waals surface area contributed by atoms with Gasteiger partial charge in [0.2, 0.25) is 11.5 Å². The number of benzene rings is 2. The van der Waals surface area contributed by atoms with E-state index in [1.54, 1.807) is 0 Å². The summed E-state index contributed by atoms with van der Waals surface area (Å²) in [4.78, 5) is 12.6. The molecule has 1 amide bonds. The number of rotatable bonds is 4. The van der Waals surface area contributed by atoms with Gasteiger partial charge < -0.3 is 14.6 Å². The van der Waals surface area contributed by atoms with Crippen LogP contribution in [0.15, 0.2) is 58.6 Å². The van der Waals surface area contributed by atoms with Crippen LogP contribution >= 0.6 is 11.6 Å². The molecule has 0 aliphatic carbocycles. The fourth-order valence-corrected chi connectivity index (χ4v) is 3.38. The molecule has 1 aliphatic heterocycles. The van der Waals surface area contributed by atoms with E-state index in [-0.39, 0.29) is 27.7 Å². The van der Waals surface area contributed by atoms with Crippen LogP contribution in [0, 0.1) is 5.82 Å². The number of allylic oxidation sites excluding steroid dienone is 1. The minimum atomic E-state index is -4.88. The third-order valence-corrected chi connectivity index (χ3v) is 5.10. The lowest BCUT2D eigenvalue weighted by Gasteiger charge is -2.23. The number of carbonyl (C=O) groups excluding carboxylic acids is 1. The van der Waals surface area contributed by atoms with Gasteiger partial charge in [-0.1, -0.05) is 23.7 Å². The predicted molar refractivity (Wildman–Crippen MR) is 104 cm³/mol. The highest BCUT2D eigenvalue weighted by molar-refractivity contribution is 7.88. The Hall–Kier alpha value is -2.76. The Morgan fingerprint density at radius 2 is 2.00 bits per heavy atom. The van der Waals surface area contributed by atoms with E-state index >= 15 is 0 Å². The van der Waals surface area contributed by atoms with Crippen molar-refractivity contribution in [2.75, 3.05) is 12.4 Å².